The molecule has 1 N–H and O–H groups in total. The molecule has 0 radical (unpaired) electrons. The van der Waals surface area contributed by atoms with Crippen molar-refractivity contribution in [2.24, 2.45) is 7.05 Å². The minimum absolute atomic E-state index is 0.182. The summed E-state index contributed by atoms with van der Waals surface area (Å²) < 4.78 is 42.0. The average molecular weight is 514 g/mol. The number of aromatic nitrogens is 6. The molecule has 0 saturated carbocycles. The number of nitrogens with one attached hydrogen (secondary N) is 1. The molecular weight excluding hydrogens is 484 g/mol. The number of halogens is 2. The van der Waals surface area contributed by atoms with Crippen molar-refractivity contribution in [1.82, 2.24) is 29.5 Å². The van der Waals surface area contributed by atoms with Gasteiger partial charge in [0, 0.05) is 57.0 Å². The van der Waals surface area contributed by atoms with Gasteiger partial charge in [-0.2, -0.15) is 13.8 Å². The first-order valence-corrected chi connectivity index (χ1v) is 15.1. The molecule has 36 heavy (non-hydrogen) atoms. The van der Waals surface area contributed by atoms with E-state index >= 15 is 0 Å². The summed E-state index contributed by atoms with van der Waals surface area (Å²) in [6, 6.07) is 9.12. The van der Waals surface area contributed by atoms with Crippen LogP contribution in [0, 0.1) is 11.9 Å². The van der Waals surface area contributed by atoms with Gasteiger partial charge in [0.1, 0.15) is 12.5 Å². The molecule has 0 aliphatic rings. The van der Waals surface area contributed by atoms with E-state index in [0.717, 1.165) is 6.04 Å². The molecule has 0 saturated heterocycles. The van der Waals surface area contributed by atoms with E-state index in [2.05, 4.69) is 45.1 Å². The van der Waals surface area contributed by atoms with Gasteiger partial charge in [-0.25, -0.2) is 14.3 Å². The largest absolute Gasteiger partial charge is 0.496 e. The lowest BCUT2D eigenvalue weighted by molar-refractivity contribution is 0.0774. The summed E-state index contributed by atoms with van der Waals surface area (Å²) >= 11 is 0. The number of nitrogens with zero attached hydrogens (tertiary/aromatic N) is 6. The van der Waals surface area contributed by atoms with E-state index < -0.39 is 20.0 Å². The van der Waals surface area contributed by atoms with E-state index in [1.807, 2.05) is 0 Å². The van der Waals surface area contributed by atoms with Gasteiger partial charge in [-0.1, -0.05) is 19.6 Å². The number of benzene rings is 1. The Kier molecular flexibility index (Phi) is 7.45. The molecule has 9 nitrogen and oxygen atoms in total. The Hall–Kier alpha value is -3.64. The van der Waals surface area contributed by atoms with Crippen LogP contribution in [0.5, 0.6) is 5.75 Å². The van der Waals surface area contributed by atoms with E-state index in [1.54, 1.807) is 42.2 Å². The van der Waals surface area contributed by atoms with Crippen molar-refractivity contribution in [3.63, 3.8) is 0 Å². The number of hydrogen-bond acceptors (Lipinski definition) is 7. The zero-order valence-corrected chi connectivity index (χ0v) is 21.9. The normalized spacial score (nSPS) is 11.6. The van der Waals surface area contributed by atoms with Crippen molar-refractivity contribution in [3.05, 3.63) is 54.6 Å². The van der Waals surface area contributed by atoms with Crippen LogP contribution in [-0.4, -0.2) is 51.3 Å². The van der Waals surface area contributed by atoms with Crippen molar-refractivity contribution in [2.75, 3.05) is 19.0 Å². The Balaban J connectivity index is 1.49. The number of rotatable bonds is 10. The molecule has 0 spiro atoms. The molecule has 0 atom stereocenters. The van der Waals surface area contributed by atoms with Gasteiger partial charge in [0.15, 0.2) is 5.82 Å². The molecular formula is C24H29F2N7O2Si. The smallest absolute Gasteiger partial charge is 0.240 e. The molecule has 190 valence electrons. The van der Waals surface area contributed by atoms with E-state index in [9.17, 15) is 8.78 Å². The second-order valence-corrected chi connectivity index (χ2v) is 15.1. The van der Waals surface area contributed by atoms with Crippen LogP contribution in [0.3, 0.4) is 0 Å². The van der Waals surface area contributed by atoms with Crippen molar-refractivity contribution in [3.8, 4) is 28.3 Å². The highest BCUT2D eigenvalue weighted by atomic mass is 28.3. The fourth-order valence-electron chi connectivity index (χ4n) is 3.43. The van der Waals surface area contributed by atoms with Crippen LogP contribution in [0.4, 0.5) is 20.4 Å². The van der Waals surface area contributed by atoms with Crippen LogP contribution in [-0.2, 0) is 18.5 Å². The predicted molar refractivity (Wildman–Crippen MR) is 136 cm³/mol. The van der Waals surface area contributed by atoms with Gasteiger partial charge in [0.05, 0.1) is 12.7 Å². The fourth-order valence-corrected chi connectivity index (χ4v) is 4.18. The van der Waals surface area contributed by atoms with Gasteiger partial charge in [-0.3, -0.25) is 0 Å². The second kappa shape index (κ2) is 10.5. The fraction of sp³-hybridized carbons (Fsp3) is 0.333. The predicted octanol–water partition coefficient (Wildman–Crippen LogP) is 5.08. The van der Waals surface area contributed by atoms with Crippen LogP contribution in [0.25, 0.3) is 22.5 Å². The number of hydrogen-bond donors (Lipinski definition) is 1. The molecule has 4 rings (SSSR count). The minimum Gasteiger partial charge on any atom is -0.496 e. The van der Waals surface area contributed by atoms with Gasteiger partial charge in [-0.15, -0.1) is 10.2 Å². The first-order chi connectivity index (χ1) is 17.1. The quantitative estimate of drug-likeness (QED) is 0.180. The monoisotopic (exact) mass is 513 g/mol. The molecule has 0 amide bonds. The van der Waals surface area contributed by atoms with Crippen LogP contribution < -0.4 is 10.1 Å². The third kappa shape index (κ3) is 6.12. The number of ether oxygens (including phenoxy) is 2. The summed E-state index contributed by atoms with van der Waals surface area (Å²) in [5.41, 5.74) is 2.13. The summed E-state index contributed by atoms with van der Waals surface area (Å²) in [7, 11) is 2.05. The summed E-state index contributed by atoms with van der Waals surface area (Å²) in [5.74, 6) is 0.143. The molecule has 3 heterocycles. The Morgan fingerprint density at radius 1 is 1.06 bits per heavy atom. The van der Waals surface area contributed by atoms with Crippen LogP contribution in [0.15, 0.2) is 42.7 Å². The van der Waals surface area contributed by atoms with Crippen molar-refractivity contribution < 1.29 is 18.3 Å². The molecule has 0 aliphatic carbocycles. The highest BCUT2D eigenvalue weighted by Gasteiger charge is 2.17. The zero-order chi connectivity index (χ0) is 25.9. The van der Waals surface area contributed by atoms with Crippen molar-refractivity contribution >= 4 is 19.7 Å². The standard InChI is InChI=1S/C24H29F2N7O2Si/c1-32-24(29-23(31-32)16-6-9-21(25)27-13-16)28-17-7-8-18(20(12-17)34-2)19-14-33(30-22(19)26)15-35-10-11-36(3,4)5/h6-9,12-14H,10-11,15H2,1-5H3,(H,28,29,31). The van der Waals surface area contributed by atoms with Gasteiger partial charge in [0.25, 0.3) is 0 Å². The molecule has 1 aromatic carbocycles. The Morgan fingerprint density at radius 2 is 1.86 bits per heavy atom. The second-order valence-electron chi connectivity index (χ2n) is 9.51. The third-order valence-corrected chi connectivity index (χ3v) is 7.14. The van der Waals surface area contributed by atoms with Gasteiger partial charge in [0.2, 0.25) is 17.8 Å². The van der Waals surface area contributed by atoms with E-state index in [4.69, 9.17) is 9.47 Å². The molecule has 3 aromatic heterocycles. The van der Waals surface area contributed by atoms with Crippen molar-refractivity contribution in [1.29, 1.82) is 0 Å². The SMILES string of the molecule is COc1cc(Nc2nc(-c3ccc(F)nc3)nn2C)ccc1-c1cn(COCC[Si](C)(C)C)nc1F. The Morgan fingerprint density at radius 3 is 2.56 bits per heavy atom. The van der Waals surface area contributed by atoms with E-state index in [0.29, 0.717) is 46.5 Å². The highest BCUT2D eigenvalue weighted by Crippen LogP contribution is 2.34. The molecule has 0 bridgehead atoms. The number of aryl methyl sites for hydroxylation is 1. The average Bonchev–Trinajstić information content (AvgIpc) is 3.38. The highest BCUT2D eigenvalue weighted by molar-refractivity contribution is 6.76. The van der Waals surface area contributed by atoms with Crippen LogP contribution in [0.1, 0.15) is 0 Å². The van der Waals surface area contributed by atoms with Gasteiger partial charge < -0.3 is 14.8 Å². The lowest BCUT2D eigenvalue weighted by Gasteiger charge is -2.15. The summed E-state index contributed by atoms with van der Waals surface area (Å²) in [6.45, 7) is 7.64. The first kappa shape index (κ1) is 25.4. The third-order valence-electron chi connectivity index (χ3n) is 5.43. The molecule has 4 aromatic rings. The number of pyridine rings is 1. The van der Waals surface area contributed by atoms with Crippen LogP contribution in [0.2, 0.25) is 25.7 Å². The van der Waals surface area contributed by atoms with Gasteiger partial charge >= 0.3 is 0 Å². The summed E-state index contributed by atoms with van der Waals surface area (Å²) in [4.78, 5) is 8.10. The summed E-state index contributed by atoms with van der Waals surface area (Å²) in [5, 5.41) is 11.5. The van der Waals surface area contributed by atoms with E-state index in [1.165, 1.54) is 24.1 Å². The van der Waals surface area contributed by atoms with E-state index in [-0.39, 0.29) is 6.73 Å². The summed E-state index contributed by atoms with van der Waals surface area (Å²) in [6.07, 6.45) is 2.98. The van der Waals surface area contributed by atoms with Crippen LogP contribution >= 0.6 is 0 Å². The Bertz CT molecular complexity index is 1330. The lowest BCUT2D eigenvalue weighted by atomic mass is 10.1. The lowest BCUT2D eigenvalue weighted by Crippen LogP contribution is -2.22. The number of methoxy groups -OCH3 is 1. The topological polar surface area (TPSA) is 91.9 Å². The first-order valence-electron chi connectivity index (χ1n) is 11.4. The molecule has 12 heteroatoms. The van der Waals surface area contributed by atoms with Gasteiger partial charge in [-0.05, 0) is 30.3 Å². The Labute approximate surface area is 209 Å². The molecule has 0 unspecified atom stereocenters. The zero-order valence-electron chi connectivity index (χ0n) is 20.9. The maximum absolute atomic E-state index is 14.7. The molecule has 0 aliphatic heterocycles. The van der Waals surface area contributed by atoms with Crippen molar-refractivity contribution in [2.45, 2.75) is 32.4 Å². The maximum Gasteiger partial charge on any atom is 0.240 e. The number of anilines is 2. The minimum atomic E-state index is -1.20. The molecule has 0 fully saturated rings. The maximum atomic E-state index is 14.7.